The first-order valence-corrected chi connectivity index (χ1v) is 18.1. The molecule has 0 amide bonds. The van der Waals surface area contributed by atoms with Gasteiger partial charge in [-0.1, -0.05) is 107 Å². The molecule has 0 aliphatic rings. The molecule has 0 unspecified atom stereocenters. The number of rotatable bonds is 5. The summed E-state index contributed by atoms with van der Waals surface area (Å²) in [4.78, 5) is 9.93. The van der Waals surface area contributed by atoms with Crippen LogP contribution in [0.5, 0.6) is 5.75 Å². The van der Waals surface area contributed by atoms with E-state index >= 15 is 0 Å². The molecule has 0 bridgehead atoms. The minimum absolute atomic E-state index is 0. The fourth-order valence-electron chi connectivity index (χ4n) is 7.20. The Labute approximate surface area is 338 Å². The van der Waals surface area contributed by atoms with E-state index in [2.05, 4.69) is 138 Å². The van der Waals surface area contributed by atoms with Crippen molar-refractivity contribution in [3.8, 4) is 68.5 Å². The Kier molecular flexibility index (Phi) is 10.5. The van der Waals surface area contributed by atoms with Gasteiger partial charge in [-0.3, -0.25) is 9.55 Å². The number of para-hydroxylation sites is 1. The van der Waals surface area contributed by atoms with Gasteiger partial charge in [0, 0.05) is 44.1 Å². The van der Waals surface area contributed by atoms with Crippen LogP contribution in [0.25, 0.3) is 61.6 Å². The maximum Gasteiger partial charge on any atom is 0.148 e. The standard InChI is InChI=1S/C48H42N5O.Pt/c1-29-19-34(33-13-10-9-11-14-33)20-30(2)44(29)53-42-16-12-15-38(35-21-32(28-50)22-36(24-35)41-23-31(27-49)17-18-51-41)43(42)52-46(53)39-25-37(47(3,4)5)26-40(45(39)54)48(6,7)8;/h9-23,25-26,54H,1-8H3;/q-1;. The van der Waals surface area contributed by atoms with Gasteiger partial charge < -0.3 is 5.11 Å². The molecule has 0 radical (unpaired) electrons. The van der Waals surface area contributed by atoms with Gasteiger partial charge in [0.15, 0.2) is 0 Å². The van der Waals surface area contributed by atoms with Crippen LogP contribution >= 0.6 is 0 Å². The van der Waals surface area contributed by atoms with Crippen LogP contribution in [0.3, 0.4) is 0 Å². The maximum atomic E-state index is 12.2. The molecule has 0 saturated carbocycles. The number of nitriles is 2. The number of aromatic nitrogens is 3. The van der Waals surface area contributed by atoms with Gasteiger partial charge in [0.1, 0.15) is 11.6 Å². The van der Waals surface area contributed by atoms with E-state index in [0.29, 0.717) is 44.9 Å². The van der Waals surface area contributed by atoms with Gasteiger partial charge in [-0.15, -0.1) is 23.8 Å². The summed E-state index contributed by atoms with van der Waals surface area (Å²) in [5, 5.41) is 31.9. The van der Waals surface area contributed by atoms with Crippen molar-refractivity contribution in [2.24, 2.45) is 0 Å². The van der Waals surface area contributed by atoms with E-state index in [-0.39, 0.29) is 37.6 Å². The molecule has 0 spiro atoms. The number of phenols is 1. The molecule has 0 saturated heterocycles. The van der Waals surface area contributed by atoms with Crippen LogP contribution in [-0.4, -0.2) is 19.6 Å². The Bertz CT molecular complexity index is 2660. The predicted octanol–water partition coefficient (Wildman–Crippen LogP) is 11.5. The van der Waals surface area contributed by atoms with Crippen LogP contribution in [0.1, 0.15) is 74.9 Å². The van der Waals surface area contributed by atoms with Crippen LogP contribution < -0.4 is 0 Å². The van der Waals surface area contributed by atoms with Crippen molar-refractivity contribution in [3.63, 3.8) is 0 Å². The Balaban J connectivity index is 0.00000514. The van der Waals surface area contributed by atoms with Crippen LogP contribution in [0.2, 0.25) is 0 Å². The average molecular weight is 900 g/mol. The molecule has 0 aliphatic carbocycles. The van der Waals surface area contributed by atoms with Gasteiger partial charge >= 0.3 is 0 Å². The second-order valence-corrected chi connectivity index (χ2v) is 16.0. The summed E-state index contributed by atoms with van der Waals surface area (Å²) in [5.41, 5.74) is 12.5. The molecule has 0 atom stereocenters. The quantitative estimate of drug-likeness (QED) is 0.174. The molecular formula is C48H42N5OPt-. The second-order valence-electron chi connectivity index (χ2n) is 16.0. The zero-order valence-electron chi connectivity index (χ0n) is 32.3. The molecule has 55 heavy (non-hydrogen) atoms. The molecule has 7 heteroatoms. The van der Waals surface area contributed by atoms with Gasteiger partial charge in [0.05, 0.1) is 34.4 Å². The van der Waals surface area contributed by atoms with E-state index < -0.39 is 0 Å². The van der Waals surface area contributed by atoms with E-state index in [4.69, 9.17) is 4.98 Å². The average Bonchev–Trinajstić information content (AvgIpc) is 3.52. The zero-order chi connectivity index (χ0) is 38.5. The smallest absolute Gasteiger partial charge is 0.148 e. The minimum atomic E-state index is -0.342. The SMILES string of the molecule is Cc1cc(-c2ccccc2)cc(C)c1-n1c(-c2cc(C(C)(C)C)cc(C(C)(C)C)c2O)nc2c(-c3[c-]c(-c4cc(C#N)ccn4)cc(C#N)c3)cccc21.[Pt]. The van der Waals surface area contributed by atoms with Crippen LogP contribution in [-0.2, 0) is 31.9 Å². The number of nitrogens with zero attached hydrogens (tertiary/aromatic N) is 5. The first-order chi connectivity index (χ1) is 25.7. The number of aromatic hydroxyl groups is 1. The Morgan fingerprint density at radius 1 is 0.691 bits per heavy atom. The fraction of sp³-hybridized carbons (Fsp3) is 0.208. The van der Waals surface area contributed by atoms with Crippen molar-refractivity contribution in [2.45, 2.75) is 66.2 Å². The summed E-state index contributed by atoms with van der Waals surface area (Å²) in [7, 11) is 0. The predicted molar refractivity (Wildman–Crippen MR) is 217 cm³/mol. The van der Waals surface area contributed by atoms with E-state index in [1.807, 2.05) is 24.3 Å². The molecule has 2 aromatic heterocycles. The molecular weight excluding hydrogens is 858 g/mol. The van der Waals surface area contributed by atoms with Crippen molar-refractivity contribution in [3.05, 3.63) is 143 Å². The van der Waals surface area contributed by atoms with Gasteiger partial charge in [-0.2, -0.15) is 10.5 Å². The largest absolute Gasteiger partial charge is 0.507 e. The number of benzene rings is 5. The van der Waals surface area contributed by atoms with Crippen LogP contribution in [0.15, 0.2) is 103 Å². The fourth-order valence-corrected chi connectivity index (χ4v) is 7.20. The van der Waals surface area contributed by atoms with E-state index in [0.717, 1.165) is 50.1 Å². The minimum Gasteiger partial charge on any atom is -0.507 e. The van der Waals surface area contributed by atoms with Crippen LogP contribution in [0, 0.1) is 42.6 Å². The van der Waals surface area contributed by atoms with E-state index in [1.54, 1.807) is 24.4 Å². The van der Waals surface area contributed by atoms with Crippen LogP contribution in [0.4, 0.5) is 0 Å². The number of hydrogen-bond acceptors (Lipinski definition) is 5. The summed E-state index contributed by atoms with van der Waals surface area (Å²) >= 11 is 0. The summed E-state index contributed by atoms with van der Waals surface area (Å²) in [6, 6.07) is 39.9. The number of imidazole rings is 1. The van der Waals surface area contributed by atoms with E-state index in [1.165, 1.54) is 0 Å². The molecule has 6 nitrogen and oxygen atoms in total. The molecule has 0 fully saturated rings. The van der Waals surface area contributed by atoms with Gasteiger partial charge in [0.25, 0.3) is 0 Å². The molecule has 2 heterocycles. The normalized spacial score (nSPS) is 11.5. The molecule has 5 aromatic carbocycles. The zero-order valence-corrected chi connectivity index (χ0v) is 34.6. The Hall–Kier alpha value is -5.81. The third-order valence-corrected chi connectivity index (χ3v) is 9.99. The maximum absolute atomic E-state index is 12.2. The summed E-state index contributed by atoms with van der Waals surface area (Å²) < 4.78 is 2.18. The first kappa shape index (κ1) is 38.9. The Morgan fingerprint density at radius 3 is 2.00 bits per heavy atom. The summed E-state index contributed by atoms with van der Waals surface area (Å²) in [5.74, 6) is 0.818. The molecule has 1 N–H and O–H groups in total. The third-order valence-electron chi connectivity index (χ3n) is 9.99. The number of phenolic OH excluding ortho intramolecular Hbond substituents is 1. The second kappa shape index (κ2) is 14.8. The first-order valence-electron chi connectivity index (χ1n) is 18.1. The topological polar surface area (TPSA) is 98.5 Å². The van der Waals surface area contributed by atoms with Gasteiger partial charge in [-0.25, -0.2) is 4.98 Å². The summed E-state index contributed by atoms with van der Waals surface area (Å²) in [6.07, 6.45) is 1.59. The van der Waals surface area contributed by atoms with Crippen molar-refractivity contribution in [1.82, 2.24) is 14.5 Å². The molecule has 7 aromatic rings. The van der Waals surface area contributed by atoms with Crippen molar-refractivity contribution >= 4 is 11.0 Å². The van der Waals surface area contributed by atoms with Crippen molar-refractivity contribution in [1.29, 1.82) is 10.5 Å². The van der Waals surface area contributed by atoms with Crippen molar-refractivity contribution < 1.29 is 26.2 Å². The third kappa shape index (κ3) is 7.36. The van der Waals surface area contributed by atoms with Gasteiger partial charge in [0.2, 0.25) is 0 Å². The number of pyridine rings is 1. The Morgan fingerprint density at radius 2 is 1.36 bits per heavy atom. The molecule has 276 valence electrons. The van der Waals surface area contributed by atoms with E-state index in [9.17, 15) is 15.6 Å². The number of aryl methyl sites for hydroxylation is 2. The molecule has 0 aliphatic heterocycles. The monoisotopic (exact) mass is 899 g/mol. The summed E-state index contributed by atoms with van der Waals surface area (Å²) in [6.45, 7) is 17.2. The number of fused-ring (bicyclic) bond motifs is 1. The van der Waals surface area contributed by atoms with Crippen molar-refractivity contribution in [2.75, 3.05) is 0 Å². The van der Waals surface area contributed by atoms with Gasteiger partial charge in [-0.05, 0) is 88.4 Å². The number of hydrogen-bond donors (Lipinski definition) is 1. The molecule has 7 rings (SSSR count).